The van der Waals surface area contributed by atoms with Crippen LogP contribution < -0.4 is 4.72 Å². The molecule has 6 heteroatoms. The van der Waals surface area contributed by atoms with E-state index in [9.17, 15) is 13.2 Å². The van der Waals surface area contributed by atoms with Crippen molar-refractivity contribution in [3.63, 3.8) is 0 Å². The molecule has 0 unspecified atom stereocenters. The molecule has 0 aliphatic heterocycles. The molecule has 2 rings (SSSR count). The maximum atomic E-state index is 12.2. The Bertz CT molecular complexity index is 621. The van der Waals surface area contributed by atoms with Gasteiger partial charge in [0.05, 0.1) is 10.5 Å². The number of sulfonamides is 1. The van der Waals surface area contributed by atoms with Gasteiger partial charge in [-0.1, -0.05) is 25.8 Å². The minimum atomic E-state index is -3.63. The van der Waals surface area contributed by atoms with Crippen LogP contribution in [0.2, 0.25) is 0 Å². The average molecular weight is 311 g/mol. The lowest BCUT2D eigenvalue weighted by molar-refractivity contribution is 0.0695. The van der Waals surface area contributed by atoms with Crippen molar-refractivity contribution >= 4 is 16.0 Å². The molecule has 0 atom stereocenters. The van der Waals surface area contributed by atoms with Crippen LogP contribution in [0.1, 0.15) is 48.5 Å². The summed E-state index contributed by atoms with van der Waals surface area (Å²) in [5.74, 6) is -0.324. The number of carbonyl (C=O) groups is 1. The topological polar surface area (TPSA) is 83.5 Å². The van der Waals surface area contributed by atoms with Crippen LogP contribution in [-0.2, 0) is 16.4 Å². The summed E-state index contributed by atoms with van der Waals surface area (Å²) >= 11 is 0. The Hall–Kier alpha value is -1.40. The first kappa shape index (κ1) is 16.0. The third kappa shape index (κ3) is 4.28. The Kier molecular flexibility index (Phi) is 5.00. The van der Waals surface area contributed by atoms with Gasteiger partial charge in [-0.05, 0) is 42.9 Å². The second kappa shape index (κ2) is 6.58. The molecule has 1 aromatic rings. The zero-order chi connectivity index (χ0) is 15.5. The number of aromatic carboxylic acids is 1. The van der Waals surface area contributed by atoms with Gasteiger partial charge in [0.15, 0.2) is 0 Å². The Morgan fingerprint density at radius 1 is 1.38 bits per heavy atom. The highest BCUT2D eigenvalue weighted by Gasteiger charge is 2.21. The number of carboxylic acid groups (broad SMARTS) is 1. The van der Waals surface area contributed by atoms with E-state index in [1.165, 1.54) is 25.0 Å². The number of rotatable bonds is 8. The van der Waals surface area contributed by atoms with Crippen molar-refractivity contribution in [3.05, 3.63) is 29.3 Å². The van der Waals surface area contributed by atoms with E-state index < -0.39 is 16.0 Å². The highest BCUT2D eigenvalue weighted by Crippen LogP contribution is 2.33. The third-order valence-corrected chi connectivity index (χ3v) is 5.24. The molecule has 21 heavy (non-hydrogen) atoms. The predicted octanol–water partition coefficient (Wildman–Crippen LogP) is 2.42. The van der Waals surface area contributed by atoms with Crippen molar-refractivity contribution in [3.8, 4) is 0 Å². The van der Waals surface area contributed by atoms with E-state index in [1.807, 2.05) is 6.92 Å². The van der Waals surface area contributed by atoms with Crippen molar-refractivity contribution in [2.45, 2.75) is 43.9 Å². The summed E-state index contributed by atoms with van der Waals surface area (Å²) < 4.78 is 26.9. The molecule has 1 saturated carbocycles. The summed E-state index contributed by atoms with van der Waals surface area (Å²) in [6.07, 6.45) is 4.94. The molecule has 0 aromatic heterocycles. The summed E-state index contributed by atoms with van der Waals surface area (Å²) in [6, 6.07) is 4.28. The molecule has 1 aliphatic carbocycles. The van der Waals surface area contributed by atoms with Gasteiger partial charge < -0.3 is 5.11 Å². The molecule has 0 radical (unpaired) electrons. The lowest BCUT2D eigenvalue weighted by Crippen LogP contribution is -2.25. The van der Waals surface area contributed by atoms with Gasteiger partial charge in [-0.25, -0.2) is 17.9 Å². The van der Waals surface area contributed by atoms with Gasteiger partial charge in [-0.2, -0.15) is 0 Å². The molecule has 1 fully saturated rings. The predicted molar refractivity (Wildman–Crippen MR) is 79.9 cm³/mol. The van der Waals surface area contributed by atoms with Gasteiger partial charge >= 0.3 is 5.97 Å². The van der Waals surface area contributed by atoms with Gasteiger partial charge in [-0.15, -0.1) is 0 Å². The average Bonchev–Trinajstić information content (AvgIpc) is 3.27. The highest BCUT2D eigenvalue weighted by atomic mass is 32.2. The maximum absolute atomic E-state index is 12.2. The first-order valence-corrected chi connectivity index (χ1v) is 8.78. The van der Waals surface area contributed by atoms with Crippen LogP contribution >= 0.6 is 0 Å². The van der Waals surface area contributed by atoms with Crippen molar-refractivity contribution in [2.75, 3.05) is 6.54 Å². The lowest BCUT2D eigenvalue weighted by Gasteiger charge is -2.09. The van der Waals surface area contributed by atoms with E-state index >= 15 is 0 Å². The second-order valence-electron chi connectivity index (χ2n) is 5.46. The van der Waals surface area contributed by atoms with Crippen molar-refractivity contribution in [1.29, 1.82) is 0 Å². The Balaban J connectivity index is 2.07. The number of nitrogens with one attached hydrogen (secondary N) is 1. The number of carboxylic acids is 1. The van der Waals surface area contributed by atoms with E-state index in [0.29, 0.717) is 18.5 Å². The monoisotopic (exact) mass is 311 g/mol. The van der Waals surface area contributed by atoms with Crippen molar-refractivity contribution < 1.29 is 18.3 Å². The molecule has 2 N–H and O–H groups in total. The van der Waals surface area contributed by atoms with E-state index in [0.717, 1.165) is 18.8 Å². The van der Waals surface area contributed by atoms with Crippen LogP contribution in [0.4, 0.5) is 0 Å². The minimum Gasteiger partial charge on any atom is -0.478 e. The molecule has 5 nitrogen and oxygen atoms in total. The summed E-state index contributed by atoms with van der Waals surface area (Å²) in [7, 11) is -3.63. The van der Waals surface area contributed by atoms with Gasteiger partial charge in [0.1, 0.15) is 0 Å². The van der Waals surface area contributed by atoms with E-state index in [1.54, 1.807) is 6.07 Å². The van der Waals surface area contributed by atoms with E-state index in [2.05, 4.69) is 4.72 Å². The van der Waals surface area contributed by atoms with E-state index in [-0.39, 0.29) is 10.5 Å². The molecule has 0 bridgehead atoms. The SMILES string of the molecule is CCc1ccc(S(=O)(=O)NCCCC2CC2)cc1C(=O)O. The minimum absolute atomic E-state index is 0.0171. The zero-order valence-electron chi connectivity index (χ0n) is 12.1. The maximum Gasteiger partial charge on any atom is 0.336 e. The van der Waals surface area contributed by atoms with Crippen molar-refractivity contribution in [1.82, 2.24) is 4.72 Å². The lowest BCUT2D eigenvalue weighted by atomic mass is 10.1. The van der Waals surface area contributed by atoms with Gasteiger partial charge in [0.25, 0.3) is 0 Å². The normalized spacial score (nSPS) is 15.1. The van der Waals surface area contributed by atoms with Gasteiger partial charge in [-0.3, -0.25) is 0 Å². The van der Waals surface area contributed by atoms with Crippen LogP contribution in [0, 0.1) is 5.92 Å². The fraction of sp³-hybridized carbons (Fsp3) is 0.533. The van der Waals surface area contributed by atoms with Gasteiger partial charge in [0.2, 0.25) is 10.0 Å². The molecule has 1 aromatic carbocycles. The van der Waals surface area contributed by atoms with Crippen molar-refractivity contribution in [2.24, 2.45) is 5.92 Å². The van der Waals surface area contributed by atoms with Crippen LogP contribution in [-0.4, -0.2) is 26.0 Å². The molecular formula is C15H21NO4S. The number of aryl methyl sites for hydroxylation is 1. The summed E-state index contributed by atoms with van der Waals surface area (Å²) in [4.78, 5) is 11.2. The molecule has 1 aliphatic rings. The van der Waals surface area contributed by atoms with E-state index in [4.69, 9.17) is 5.11 Å². The molecule has 0 heterocycles. The smallest absolute Gasteiger partial charge is 0.336 e. The number of hydrogen-bond donors (Lipinski definition) is 2. The summed E-state index contributed by atoms with van der Waals surface area (Å²) in [6.45, 7) is 2.24. The first-order chi connectivity index (χ1) is 9.94. The molecule has 0 amide bonds. The van der Waals surface area contributed by atoms with Crippen LogP contribution in [0.5, 0.6) is 0 Å². The zero-order valence-corrected chi connectivity index (χ0v) is 12.9. The van der Waals surface area contributed by atoms with Crippen LogP contribution in [0.15, 0.2) is 23.1 Å². The first-order valence-electron chi connectivity index (χ1n) is 7.30. The Morgan fingerprint density at radius 3 is 2.67 bits per heavy atom. The fourth-order valence-electron chi connectivity index (χ4n) is 2.32. The molecule has 116 valence electrons. The standard InChI is InChI=1S/C15H21NO4S/c1-2-12-7-8-13(10-14(12)15(17)18)21(19,20)16-9-3-4-11-5-6-11/h7-8,10-11,16H,2-6,9H2,1H3,(H,17,18). The Morgan fingerprint density at radius 2 is 2.10 bits per heavy atom. The second-order valence-corrected chi connectivity index (χ2v) is 7.23. The molecule has 0 spiro atoms. The number of hydrogen-bond acceptors (Lipinski definition) is 3. The fourth-order valence-corrected chi connectivity index (χ4v) is 3.42. The van der Waals surface area contributed by atoms with Crippen LogP contribution in [0.3, 0.4) is 0 Å². The third-order valence-electron chi connectivity index (χ3n) is 3.78. The Labute approximate surface area is 125 Å². The highest BCUT2D eigenvalue weighted by molar-refractivity contribution is 7.89. The number of benzene rings is 1. The van der Waals surface area contributed by atoms with Gasteiger partial charge in [0, 0.05) is 6.54 Å². The molecular weight excluding hydrogens is 290 g/mol. The molecule has 0 saturated heterocycles. The quantitative estimate of drug-likeness (QED) is 0.722. The summed E-state index contributed by atoms with van der Waals surface area (Å²) in [5.41, 5.74) is 0.688. The van der Waals surface area contributed by atoms with Crippen LogP contribution in [0.25, 0.3) is 0 Å². The largest absolute Gasteiger partial charge is 0.478 e. The summed E-state index contributed by atoms with van der Waals surface area (Å²) in [5, 5.41) is 9.15.